The number of nitrogens with one attached hydrogen (secondary N) is 1. The molecule has 0 aliphatic carbocycles. The molecule has 0 atom stereocenters. The SMILES string of the molecule is COC(=O)CCc1csc(NCC2CCN(C)CC2)n1. The molecule has 20 heavy (non-hydrogen) atoms. The summed E-state index contributed by atoms with van der Waals surface area (Å²) in [6.07, 6.45) is 3.56. The first kappa shape index (κ1) is 15.3. The van der Waals surface area contributed by atoms with Gasteiger partial charge < -0.3 is 15.0 Å². The van der Waals surface area contributed by atoms with Crippen LogP contribution in [0.25, 0.3) is 0 Å². The largest absolute Gasteiger partial charge is 0.469 e. The fourth-order valence-electron chi connectivity index (χ4n) is 2.33. The highest BCUT2D eigenvalue weighted by Gasteiger charge is 2.16. The number of carbonyl (C=O) groups is 1. The molecule has 6 heteroatoms. The molecule has 0 aromatic carbocycles. The zero-order valence-corrected chi connectivity index (χ0v) is 13.0. The van der Waals surface area contributed by atoms with E-state index in [9.17, 15) is 4.79 Å². The summed E-state index contributed by atoms with van der Waals surface area (Å²) in [5.41, 5.74) is 0.964. The number of carbonyl (C=O) groups excluding carboxylic acids is 1. The quantitative estimate of drug-likeness (QED) is 0.814. The van der Waals surface area contributed by atoms with E-state index in [0.29, 0.717) is 12.8 Å². The van der Waals surface area contributed by atoms with Crippen LogP contribution in [0.3, 0.4) is 0 Å². The number of nitrogens with zero attached hydrogens (tertiary/aromatic N) is 2. The average Bonchev–Trinajstić information content (AvgIpc) is 2.92. The molecule has 1 aliphatic heterocycles. The summed E-state index contributed by atoms with van der Waals surface area (Å²) in [6, 6.07) is 0. The Morgan fingerprint density at radius 1 is 1.55 bits per heavy atom. The Balaban J connectivity index is 1.71. The van der Waals surface area contributed by atoms with Crippen LogP contribution in [0.5, 0.6) is 0 Å². The van der Waals surface area contributed by atoms with Gasteiger partial charge in [0.1, 0.15) is 0 Å². The van der Waals surface area contributed by atoms with Crippen molar-refractivity contribution in [3.05, 3.63) is 11.1 Å². The molecule has 0 bridgehead atoms. The van der Waals surface area contributed by atoms with Gasteiger partial charge in [0.15, 0.2) is 5.13 Å². The summed E-state index contributed by atoms with van der Waals surface area (Å²) in [5, 5.41) is 6.40. The van der Waals surface area contributed by atoms with Crippen molar-refractivity contribution in [1.82, 2.24) is 9.88 Å². The minimum Gasteiger partial charge on any atom is -0.469 e. The molecule has 2 rings (SSSR count). The molecule has 1 aromatic heterocycles. The fraction of sp³-hybridized carbons (Fsp3) is 0.714. The molecule has 112 valence electrons. The minimum atomic E-state index is -0.182. The highest BCUT2D eigenvalue weighted by atomic mass is 32.1. The molecule has 0 spiro atoms. The topological polar surface area (TPSA) is 54.5 Å². The first-order valence-corrected chi connectivity index (χ1v) is 7.99. The second-order valence-electron chi connectivity index (χ2n) is 5.35. The Morgan fingerprint density at radius 3 is 3.00 bits per heavy atom. The van der Waals surface area contributed by atoms with E-state index in [1.807, 2.05) is 5.38 Å². The molecule has 0 amide bonds. The lowest BCUT2D eigenvalue weighted by Gasteiger charge is -2.28. The van der Waals surface area contributed by atoms with E-state index in [1.165, 1.54) is 33.0 Å². The van der Waals surface area contributed by atoms with Crippen molar-refractivity contribution in [1.29, 1.82) is 0 Å². The molecule has 0 radical (unpaired) electrons. The van der Waals surface area contributed by atoms with Gasteiger partial charge in [0.2, 0.25) is 0 Å². The van der Waals surface area contributed by atoms with E-state index < -0.39 is 0 Å². The van der Waals surface area contributed by atoms with Crippen molar-refractivity contribution in [2.75, 3.05) is 39.1 Å². The number of anilines is 1. The number of likely N-dealkylation sites (tertiary alicyclic amines) is 1. The Bertz CT molecular complexity index is 428. The summed E-state index contributed by atoms with van der Waals surface area (Å²) in [7, 11) is 3.59. The monoisotopic (exact) mass is 297 g/mol. The number of hydrogen-bond acceptors (Lipinski definition) is 6. The standard InChI is InChI=1S/C14H23N3O2S/c1-17-7-5-11(6-8-17)9-15-14-16-12(10-20-14)3-4-13(18)19-2/h10-11H,3-9H2,1-2H3,(H,15,16). The minimum absolute atomic E-state index is 0.182. The summed E-state index contributed by atoms with van der Waals surface area (Å²) >= 11 is 1.61. The number of methoxy groups -OCH3 is 1. The first-order chi connectivity index (χ1) is 9.67. The number of thiazole rings is 1. The van der Waals surface area contributed by atoms with Crippen molar-refractivity contribution in [3.63, 3.8) is 0 Å². The summed E-state index contributed by atoms with van der Waals surface area (Å²) in [6.45, 7) is 3.38. The zero-order valence-electron chi connectivity index (χ0n) is 12.2. The number of aromatic nitrogens is 1. The summed E-state index contributed by atoms with van der Waals surface area (Å²) < 4.78 is 4.63. The highest BCUT2D eigenvalue weighted by molar-refractivity contribution is 7.13. The number of esters is 1. The van der Waals surface area contributed by atoms with Crippen LogP contribution >= 0.6 is 11.3 Å². The van der Waals surface area contributed by atoms with Crippen LogP contribution in [0.2, 0.25) is 0 Å². The van der Waals surface area contributed by atoms with Crippen molar-refractivity contribution < 1.29 is 9.53 Å². The van der Waals surface area contributed by atoms with Gasteiger partial charge in [0.05, 0.1) is 19.2 Å². The lowest BCUT2D eigenvalue weighted by molar-refractivity contribution is -0.140. The highest BCUT2D eigenvalue weighted by Crippen LogP contribution is 2.20. The number of hydrogen-bond donors (Lipinski definition) is 1. The molecule has 2 heterocycles. The van der Waals surface area contributed by atoms with Crippen molar-refractivity contribution in [3.8, 4) is 0 Å². The van der Waals surface area contributed by atoms with Crippen LogP contribution in [0.1, 0.15) is 25.0 Å². The van der Waals surface area contributed by atoms with Gasteiger partial charge in [-0.05, 0) is 38.9 Å². The van der Waals surface area contributed by atoms with Gasteiger partial charge in [-0.1, -0.05) is 0 Å². The van der Waals surface area contributed by atoms with Crippen LogP contribution in [-0.4, -0.2) is 49.6 Å². The van der Waals surface area contributed by atoms with E-state index >= 15 is 0 Å². The molecular weight excluding hydrogens is 274 g/mol. The van der Waals surface area contributed by atoms with Gasteiger partial charge in [-0.15, -0.1) is 11.3 Å². The molecule has 1 saturated heterocycles. The van der Waals surface area contributed by atoms with Crippen LogP contribution in [-0.2, 0) is 16.0 Å². The van der Waals surface area contributed by atoms with Gasteiger partial charge in [-0.3, -0.25) is 4.79 Å². The van der Waals surface area contributed by atoms with Gasteiger partial charge in [0, 0.05) is 18.3 Å². The fourth-order valence-corrected chi connectivity index (χ4v) is 3.09. The van der Waals surface area contributed by atoms with Crippen LogP contribution in [0.4, 0.5) is 5.13 Å². The Labute approximate surface area is 124 Å². The maximum Gasteiger partial charge on any atom is 0.305 e. The van der Waals surface area contributed by atoms with Crippen molar-refractivity contribution in [2.24, 2.45) is 5.92 Å². The molecule has 1 fully saturated rings. The van der Waals surface area contributed by atoms with E-state index in [-0.39, 0.29) is 5.97 Å². The molecular formula is C14H23N3O2S. The molecule has 0 unspecified atom stereocenters. The summed E-state index contributed by atoms with van der Waals surface area (Å²) in [4.78, 5) is 18.0. The molecule has 1 aliphatic rings. The maximum absolute atomic E-state index is 11.1. The average molecular weight is 297 g/mol. The number of aryl methyl sites for hydroxylation is 1. The normalized spacial score (nSPS) is 17.1. The molecule has 1 N–H and O–H groups in total. The van der Waals surface area contributed by atoms with Crippen LogP contribution < -0.4 is 5.32 Å². The van der Waals surface area contributed by atoms with Crippen LogP contribution in [0.15, 0.2) is 5.38 Å². The Hall–Kier alpha value is -1.14. The second kappa shape index (κ2) is 7.59. The van der Waals surface area contributed by atoms with Crippen molar-refractivity contribution >= 4 is 22.4 Å². The van der Waals surface area contributed by atoms with E-state index in [2.05, 4.69) is 27.0 Å². The Kier molecular flexibility index (Phi) is 5.79. The molecule has 5 nitrogen and oxygen atoms in total. The molecule has 1 aromatic rings. The van der Waals surface area contributed by atoms with Gasteiger partial charge >= 0.3 is 5.97 Å². The van der Waals surface area contributed by atoms with E-state index in [4.69, 9.17) is 0 Å². The van der Waals surface area contributed by atoms with Crippen LogP contribution in [0, 0.1) is 5.92 Å². The maximum atomic E-state index is 11.1. The second-order valence-corrected chi connectivity index (χ2v) is 6.21. The molecule has 0 saturated carbocycles. The number of rotatable bonds is 6. The predicted octanol–water partition coefficient (Wildman–Crippen LogP) is 2.00. The number of piperidine rings is 1. The van der Waals surface area contributed by atoms with E-state index in [1.54, 1.807) is 11.3 Å². The summed E-state index contributed by atoms with van der Waals surface area (Å²) in [5.74, 6) is 0.562. The van der Waals surface area contributed by atoms with Crippen molar-refractivity contribution in [2.45, 2.75) is 25.7 Å². The third-order valence-electron chi connectivity index (χ3n) is 3.74. The van der Waals surface area contributed by atoms with Gasteiger partial charge in [-0.25, -0.2) is 4.98 Å². The third-order valence-corrected chi connectivity index (χ3v) is 4.59. The third kappa shape index (κ3) is 4.76. The van der Waals surface area contributed by atoms with Gasteiger partial charge in [-0.2, -0.15) is 0 Å². The first-order valence-electron chi connectivity index (χ1n) is 7.11. The van der Waals surface area contributed by atoms with E-state index in [0.717, 1.165) is 23.3 Å². The lowest BCUT2D eigenvalue weighted by atomic mass is 9.97. The number of ether oxygens (including phenoxy) is 1. The predicted molar refractivity (Wildman–Crippen MR) is 81.2 cm³/mol. The smallest absolute Gasteiger partial charge is 0.305 e. The Morgan fingerprint density at radius 2 is 2.30 bits per heavy atom. The lowest BCUT2D eigenvalue weighted by Crippen LogP contribution is -2.32. The zero-order chi connectivity index (χ0) is 14.4. The van der Waals surface area contributed by atoms with Gasteiger partial charge in [0.25, 0.3) is 0 Å².